The first-order chi connectivity index (χ1) is 13.4. The summed E-state index contributed by atoms with van der Waals surface area (Å²) in [6, 6.07) is 9.02. The molecule has 158 valence electrons. The Morgan fingerprint density at radius 3 is 2.28 bits per heavy atom. The van der Waals surface area contributed by atoms with Crippen LogP contribution >= 0.6 is 0 Å². The molecular weight excluding hydrogens is 409 g/mol. The topological polar surface area (TPSA) is 95.5 Å². The molecule has 0 radical (unpaired) electrons. The molecule has 0 aliphatic heterocycles. The van der Waals surface area contributed by atoms with Crippen LogP contribution in [-0.4, -0.2) is 32.1 Å². The summed E-state index contributed by atoms with van der Waals surface area (Å²) in [4.78, 5) is 12.3. The second-order valence-corrected chi connectivity index (χ2v) is 8.31. The van der Waals surface area contributed by atoms with Gasteiger partial charge >= 0.3 is 6.18 Å². The lowest BCUT2D eigenvalue weighted by molar-refractivity contribution is -0.137. The van der Waals surface area contributed by atoms with Crippen LogP contribution in [0, 0.1) is 0 Å². The number of aliphatic hydroxyl groups excluding tert-OH is 1. The molecule has 2 atom stereocenters. The van der Waals surface area contributed by atoms with Gasteiger partial charge in [-0.3, -0.25) is 4.79 Å². The molecular formula is C19H21F3N2O4S. The third-order valence-corrected chi connectivity index (χ3v) is 5.50. The van der Waals surface area contributed by atoms with Crippen LogP contribution in [0.25, 0.3) is 0 Å². The zero-order valence-electron chi connectivity index (χ0n) is 15.7. The highest BCUT2D eigenvalue weighted by Gasteiger charge is 2.30. The smallest absolute Gasteiger partial charge is 0.392 e. The summed E-state index contributed by atoms with van der Waals surface area (Å²) in [5.74, 6) is -0.559. The number of alkyl halides is 3. The first-order valence-corrected chi connectivity index (χ1v) is 10.1. The van der Waals surface area contributed by atoms with E-state index >= 15 is 0 Å². The van der Waals surface area contributed by atoms with Crippen LogP contribution < -0.4 is 10.0 Å². The number of halogens is 3. The van der Waals surface area contributed by atoms with Crippen LogP contribution in [0.4, 0.5) is 13.2 Å². The standard InChI is InChI=1S/C19H21F3N2O4S/c1-12(25)11-23-29(27,28)17-8-6-14(7-9-17)18(26)24-13(2)15-4-3-5-16(10-15)19(20,21)22/h3-10,12-13,23,25H,11H2,1-2H3,(H,24,26). The molecule has 0 spiro atoms. The average molecular weight is 430 g/mol. The number of carbonyl (C=O) groups is 1. The van der Waals surface area contributed by atoms with E-state index in [0.29, 0.717) is 0 Å². The maximum Gasteiger partial charge on any atom is 0.416 e. The van der Waals surface area contributed by atoms with Crippen LogP contribution in [0.1, 0.15) is 41.4 Å². The fourth-order valence-electron chi connectivity index (χ4n) is 2.45. The van der Waals surface area contributed by atoms with Gasteiger partial charge in [0, 0.05) is 12.1 Å². The summed E-state index contributed by atoms with van der Waals surface area (Å²) in [5, 5.41) is 11.8. The van der Waals surface area contributed by atoms with Crippen molar-refractivity contribution in [1.29, 1.82) is 0 Å². The van der Waals surface area contributed by atoms with Crippen molar-refractivity contribution in [2.45, 2.75) is 37.1 Å². The molecule has 2 unspecified atom stereocenters. The maximum absolute atomic E-state index is 12.8. The summed E-state index contributed by atoms with van der Waals surface area (Å²) in [6.07, 6.45) is -5.34. The maximum atomic E-state index is 12.8. The summed E-state index contributed by atoms with van der Waals surface area (Å²) < 4.78 is 64.9. The molecule has 10 heteroatoms. The lowest BCUT2D eigenvalue weighted by Gasteiger charge is -2.16. The minimum absolute atomic E-state index is 0.0828. The van der Waals surface area contributed by atoms with Gasteiger partial charge in [-0.05, 0) is 55.8 Å². The van der Waals surface area contributed by atoms with E-state index in [0.717, 1.165) is 12.1 Å². The number of aliphatic hydroxyl groups is 1. The molecule has 0 bridgehead atoms. The Balaban J connectivity index is 2.10. The summed E-state index contributed by atoms with van der Waals surface area (Å²) in [5.41, 5.74) is -0.372. The van der Waals surface area contributed by atoms with E-state index in [4.69, 9.17) is 0 Å². The molecule has 2 aromatic carbocycles. The number of hydrogen-bond donors (Lipinski definition) is 3. The summed E-state index contributed by atoms with van der Waals surface area (Å²) >= 11 is 0. The van der Waals surface area contributed by atoms with Gasteiger partial charge in [-0.1, -0.05) is 12.1 Å². The molecule has 6 nitrogen and oxygen atoms in total. The van der Waals surface area contributed by atoms with E-state index in [9.17, 15) is 31.5 Å². The molecule has 0 aliphatic carbocycles. The molecule has 1 amide bonds. The number of sulfonamides is 1. The zero-order chi connectivity index (χ0) is 21.8. The minimum Gasteiger partial charge on any atom is -0.392 e. The Bertz CT molecular complexity index is 958. The summed E-state index contributed by atoms with van der Waals surface area (Å²) in [7, 11) is -3.83. The van der Waals surface area contributed by atoms with Gasteiger partial charge in [-0.25, -0.2) is 13.1 Å². The molecule has 2 aromatic rings. The van der Waals surface area contributed by atoms with Gasteiger partial charge in [0.15, 0.2) is 0 Å². The molecule has 3 N–H and O–H groups in total. The fraction of sp³-hybridized carbons (Fsp3) is 0.316. The van der Waals surface area contributed by atoms with Crippen molar-refractivity contribution < 1.29 is 31.5 Å². The number of carbonyl (C=O) groups excluding carboxylic acids is 1. The van der Waals surface area contributed by atoms with Gasteiger partial charge in [0.2, 0.25) is 10.0 Å². The van der Waals surface area contributed by atoms with E-state index < -0.39 is 39.8 Å². The molecule has 0 aliphatic rings. The van der Waals surface area contributed by atoms with Crippen molar-refractivity contribution in [3.05, 3.63) is 65.2 Å². The number of benzene rings is 2. The highest BCUT2D eigenvalue weighted by atomic mass is 32.2. The number of hydrogen-bond acceptors (Lipinski definition) is 4. The third kappa shape index (κ3) is 6.28. The Morgan fingerprint density at radius 1 is 1.10 bits per heavy atom. The normalized spacial score (nSPS) is 14.3. The summed E-state index contributed by atoms with van der Waals surface area (Å²) in [6.45, 7) is 2.83. The monoisotopic (exact) mass is 430 g/mol. The first-order valence-electron chi connectivity index (χ1n) is 8.66. The fourth-order valence-corrected chi connectivity index (χ4v) is 3.57. The van der Waals surface area contributed by atoms with Crippen molar-refractivity contribution in [3.63, 3.8) is 0 Å². The predicted molar refractivity (Wildman–Crippen MR) is 101 cm³/mol. The first kappa shape index (κ1) is 22.9. The van der Waals surface area contributed by atoms with Crippen molar-refractivity contribution in [3.8, 4) is 0 Å². The molecule has 0 heterocycles. The van der Waals surface area contributed by atoms with Gasteiger partial charge in [0.05, 0.1) is 22.6 Å². The van der Waals surface area contributed by atoms with Gasteiger partial charge in [0.25, 0.3) is 5.91 Å². The highest BCUT2D eigenvalue weighted by Crippen LogP contribution is 2.30. The zero-order valence-corrected chi connectivity index (χ0v) is 16.5. The van der Waals surface area contributed by atoms with Gasteiger partial charge in [-0.15, -0.1) is 0 Å². The molecule has 29 heavy (non-hydrogen) atoms. The van der Waals surface area contributed by atoms with Crippen LogP contribution in [0.15, 0.2) is 53.4 Å². The van der Waals surface area contributed by atoms with Crippen LogP contribution in [0.3, 0.4) is 0 Å². The predicted octanol–water partition coefficient (Wildman–Crippen LogP) is 2.86. The number of nitrogens with one attached hydrogen (secondary N) is 2. The Hall–Kier alpha value is -2.43. The Morgan fingerprint density at radius 2 is 1.72 bits per heavy atom. The second kappa shape index (κ2) is 8.93. The van der Waals surface area contributed by atoms with Crippen molar-refractivity contribution in [1.82, 2.24) is 10.0 Å². The highest BCUT2D eigenvalue weighted by molar-refractivity contribution is 7.89. The van der Waals surface area contributed by atoms with Gasteiger partial charge in [-0.2, -0.15) is 13.2 Å². The number of amides is 1. The molecule has 2 rings (SSSR count). The van der Waals surface area contributed by atoms with E-state index in [1.807, 2.05) is 0 Å². The largest absolute Gasteiger partial charge is 0.416 e. The van der Waals surface area contributed by atoms with E-state index in [1.165, 1.54) is 43.3 Å². The Labute approximate surface area is 166 Å². The third-order valence-electron chi connectivity index (χ3n) is 4.06. The van der Waals surface area contributed by atoms with Crippen LogP contribution in [-0.2, 0) is 16.2 Å². The lowest BCUT2D eigenvalue weighted by Crippen LogP contribution is -2.30. The van der Waals surface area contributed by atoms with E-state index in [-0.39, 0.29) is 22.6 Å². The number of rotatable bonds is 7. The minimum atomic E-state index is -4.48. The van der Waals surface area contributed by atoms with Gasteiger partial charge < -0.3 is 10.4 Å². The van der Waals surface area contributed by atoms with Crippen LogP contribution in [0.5, 0.6) is 0 Å². The quantitative estimate of drug-likeness (QED) is 0.630. The van der Waals surface area contributed by atoms with Crippen molar-refractivity contribution >= 4 is 15.9 Å². The van der Waals surface area contributed by atoms with E-state index in [2.05, 4.69) is 10.0 Å². The molecule has 0 saturated heterocycles. The SMILES string of the molecule is CC(O)CNS(=O)(=O)c1ccc(C(=O)NC(C)c2cccc(C(F)(F)F)c2)cc1. The lowest BCUT2D eigenvalue weighted by atomic mass is 10.0. The average Bonchev–Trinajstić information content (AvgIpc) is 2.66. The van der Waals surface area contributed by atoms with Crippen molar-refractivity contribution in [2.75, 3.05) is 6.54 Å². The Kier molecular flexibility index (Phi) is 7.04. The van der Waals surface area contributed by atoms with Gasteiger partial charge in [0.1, 0.15) is 0 Å². The molecule has 0 saturated carbocycles. The van der Waals surface area contributed by atoms with E-state index in [1.54, 1.807) is 6.92 Å². The van der Waals surface area contributed by atoms with Crippen LogP contribution in [0.2, 0.25) is 0 Å². The second-order valence-electron chi connectivity index (χ2n) is 6.54. The molecule has 0 aromatic heterocycles. The molecule has 0 fully saturated rings. The van der Waals surface area contributed by atoms with Crippen molar-refractivity contribution in [2.24, 2.45) is 0 Å².